The van der Waals surface area contributed by atoms with Gasteiger partial charge in [-0.3, -0.25) is 4.79 Å². The van der Waals surface area contributed by atoms with E-state index in [0.29, 0.717) is 17.9 Å². The molecule has 226 valence electrons. The van der Waals surface area contributed by atoms with Crippen LogP contribution in [0.5, 0.6) is 0 Å². The van der Waals surface area contributed by atoms with Crippen molar-refractivity contribution in [2.75, 3.05) is 0 Å². The second-order valence-electron chi connectivity index (χ2n) is 12.7. The first-order chi connectivity index (χ1) is 21.6. The lowest BCUT2D eigenvalue weighted by atomic mass is 9.89. The number of aryl methyl sites for hydroxylation is 3. The molecule has 0 bridgehead atoms. The zero-order valence-corrected chi connectivity index (χ0v) is 26.6. The van der Waals surface area contributed by atoms with Gasteiger partial charge in [-0.2, -0.15) is 9.81 Å². The van der Waals surface area contributed by atoms with E-state index in [1.54, 1.807) is 6.92 Å². The predicted octanol–water partition coefficient (Wildman–Crippen LogP) is 10.8. The maximum atomic E-state index is 14.4. The summed E-state index contributed by atoms with van der Waals surface area (Å²) in [6, 6.07) is 27.3. The molecule has 0 saturated carbocycles. The van der Waals surface area contributed by atoms with Crippen molar-refractivity contribution in [2.45, 2.75) is 60.0 Å². The second-order valence-corrected chi connectivity index (χ2v) is 12.7. The quantitative estimate of drug-likeness (QED) is 0.123. The van der Waals surface area contributed by atoms with Crippen molar-refractivity contribution >= 4 is 38.4 Å². The van der Waals surface area contributed by atoms with E-state index in [2.05, 4.69) is 59.1 Å². The molecule has 0 radical (unpaired) electrons. The third-order valence-electron chi connectivity index (χ3n) is 8.94. The number of hydrogen-bond acceptors (Lipinski definition) is 5. The van der Waals surface area contributed by atoms with Crippen LogP contribution in [0.4, 0.5) is 0 Å². The van der Waals surface area contributed by atoms with Gasteiger partial charge in [0.05, 0.1) is 11.0 Å². The van der Waals surface area contributed by atoms with Crippen LogP contribution in [0, 0.1) is 36.5 Å². The highest BCUT2D eigenvalue weighted by atomic mass is 16.3. The number of rotatable bonds is 9. The number of nitroso groups, excluding NO2 is 2. The summed E-state index contributed by atoms with van der Waals surface area (Å²) in [5.74, 6) is 0.299. The van der Waals surface area contributed by atoms with Gasteiger partial charge >= 0.3 is 0 Å². The molecular weight excluding hydrogens is 558 g/mol. The highest BCUT2D eigenvalue weighted by Gasteiger charge is 2.24. The van der Waals surface area contributed by atoms with Crippen molar-refractivity contribution in [2.24, 2.45) is 16.3 Å². The van der Waals surface area contributed by atoms with E-state index in [1.165, 1.54) is 0 Å². The Kier molecular flexibility index (Phi) is 7.92. The topological polar surface area (TPSA) is 80.9 Å². The maximum Gasteiger partial charge on any atom is 0.194 e. The van der Waals surface area contributed by atoms with Gasteiger partial charge in [-0.15, -0.1) is 0 Å². The molecule has 6 aromatic rings. The van der Waals surface area contributed by atoms with E-state index < -0.39 is 12.1 Å². The van der Waals surface area contributed by atoms with Crippen LogP contribution in [0.3, 0.4) is 0 Å². The standard InChI is InChI=1S/C39H37N3O3/c1-22(2)17-35(41-45)28-13-16-36-32(20-28)33-21-34(39(43)37-24(4)18-23(3)19-25(37)5)30-9-7-8-10-31(30)38(33)42(36)29-14-11-27(12-15-29)26(6)40-44/h7-16,18-22,26,35H,17H2,1-6H3. The van der Waals surface area contributed by atoms with Gasteiger partial charge in [0.2, 0.25) is 0 Å². The first-order valence-electron chi connectivity index (χ1n) is 15.5. The molecule has 0 aliphatic heterocycles. The molecule has 0 saturated heterocycles. The molecule has 0 N–H and O–H groups in total. The Labute approximate surface area is 263 Å². The van der Waals surface area contributed by atoms with Crippen molar-refractivity contribution in [3.63, 3.8) is 0 Å². The first kappa shape index (κ1) is 30.1. The predicted molar refractivity (Wildman–Crippen MR) is 185 cm³/mol. The molecule has 6 rings (SSSR count). The molecule has 1 heterocycles. The number of carbonyl (C=O) groups excluding carboxylic acids is 1. The van der Waals surface area contributed by atoms with Crippen molar-refractivity contribution in [3.05, 3.63) is 134 Å². The number of fused-ring (bicyclic) bond motifs is 5. The van der Waals surface area contributed by atoms with Crippen molar-refractivity contribution in [1.29, 1.82) is 0 Å². The molecule has 1 aromatic heterocycles. The number of carbonyl (C=O) groups is 1. The summed E-state index contributed by atoms with van der Waals surface area (Å²) in [5, 5.41) is 10.4. The number of aromatic nitrogens is 1. The SMILES string of the molecule is Cc1cc(C)c(C(=O)c2cc3c4cc(C(CC(C)C)N=O)ccc4n(-c4ccc(C(C)N=O)cc4)c3c3ccccc23)c(C)c1. The summed E-state index contributed by atoms with van der Waals surface area (Å²) in [4.78, 5) is 37.7. The van der Waals surface area contributed by atoms with Crippen LogP contribution in [-0.2, 0) is 0 Å². The molecule has 0 amide bonds. The zero-order chi connectivity index (χ0) is 32.0. The molecule has 2 atom stereocenters. The smallest absolute Gasteiger partial charge is 0.194 e. The second kappa shape index (κ2) is 11.8. The fourth-order valence-electron chi connectivity index (χ4n) is 6.88. The van der Waals surface area contributed by atoms with Gasteiger partial charge in [0.15, 0.2) is 5.78 Å². The number of nitrogens with zero attached hydrogens (tertiary/aromatic N) is 3. The third-order valence-corrected chi connectivity index (χ3v) is 8.94. The maximum absolute atomic E-state index is 14.4. The number of ketones is 1. The molecule has 2 unspecified atom stereocenters. The van der Waals surface area contributed by atoms with E-state index in [9.17, 15) is 14.6 Å². The Bertz CT molecular complexity index is 2100. The van der Waals surface area contributed by atoms with Crippen molar-refractivity contribution < 1.29 is 4.79 Å². The minimum atomic E-state index is -0.469. The van der Waals surface area contributed by atoms with Gasteiger partial charge in [-0.25, -0.2) is 0 Å². The summed E-state index contributed by atoms with van der Waals surface area (Å²) in [6.45, 7) is 12.0. The number of hydrogen-bond donors (Lipinski definition) is 0. The Morgan fingerprint density at radius 3 is 1.98 bits per heavy atom. The summed E-state index contributed by atoms with van der Waals surface area (Å²) in [6.07, 6.45) is 0.650. The van der Waals surface area contributed by atoms with Gasteiger partial charge in [0.25, 0.3) is 0 Å². The van der Waals surface area contributed by atoms with Crippen LogP contribution in [0.15, 0.2) is 95.3 Å². The minimum absolute atomic E-state index is 0.00731. The van der Waals surface area contributed by atoms with Crippen LogP contribution < -0.4 is 0 Å². The van der Waals surface area contributed by atoms with Gasteiger partial charge in [0, 0.05) is 33.0 Å². The average Bonchev–Trinajstić information content (AvgIpc) is 3.36. The Balaban J connectivity index is 1.71. The van der Waals surface area contributed by atoms with Gasteiger partial charge < -0.3 is 4.57 Å². The Hall–Kier alpha value is -4.97. The van der Waals surface area contributed by atoms with Crippen LogP contribution in [0.25, 0.3) is 38.3 Å². The van der Waals surface area contributed by atoms with E-state index in [4.69, 9.17) is 0 Å². The largest absolute Gasteiger partial charge is 0.309 e. The van der Waals surface area contributed by atoms with Crippen LogP contribution >= 0.6 is 0 Å². The van der Waals surface area contributed by atoms with Gasteiger partial charge in [-0.1, -0.05) is 84.4 Å². The fourth-order valence-corrected chi connectivity index (χ4v) is 6.88. The Morgan fingerprint density at radius 1 is 0.711 bits per heavy atom. The molecule has 45 heavy (non-hydrogen) atoms. The summed E-state index contributed by atoms with van der Waals surface area (Å²) in [7, 11) is 0. The van der Waals surface area contributed by atoms with Crippen LogP contribution in [-0.4, -0.2) is 10.4 Å². The molecule has 0 fully saturated rings. The van der Waals surface area contributed by atoms with E-state index in [0.717, 1.165) is 71.6 Å². The van der Waals surface area contributed by atoms with Gasteiger partial charge in [0.1, 0.15) is 12.1 Å². The highest BCUT2D eigenvalue weighted by molar-refractivity contribution is 6.26. The molecule has 0 aliphatic carbocycles. The average molecular weight is 596 g/mol. The summed E-state index contributed by atoms with van der Waals surface area (Å²) in [5.41, 5.74) is 8.96. The molecule has 6 heteroatoms. The van der Waals surface area contributed by atoms with E-state index >= 15 is 0 Å². The fraction of sp³-hybridized carbons (Fsp3) is 0.256. The lowest BCUT2D eigenvalue weighted by molar-refractivity contribution is 0.103. The number of benzene rings is 5. The zero-order valence-electron chi connectivity index (χ0n) is 26.6. The van der Waals surface area contributed by atoms with Crippen molar-refractivity contribution in [3.8, 4) is 5.69 Å². The van der Waals surface area contributed by atoms with E-state index in [1.807, 2.05) is 75.4 Å². The van der Waals surface area contributed by atoms with Crippen molar-refractivity contribution in [1.82, 2.24) is 4.57 Å². The van der Waals surface area contributed by atoms with Crippen LogP contribution in [0.2, 0.25) is 0 Å². The normalized spacial score (nSPS) is 13.0. The van der Waals surface area contributed by atoms with Gasteiger partial charge in [-0.05, 0) is 98.0 Å². The molecule has 5 aromatic carbocycles. The van der Waals surface area contributed by atoms with E-state index in [-0.39, 0.29) is 5.78 Å². The minimum Gasteiger partial charge on any atom is -0.309 e. The molecule has 0 aliphatic rings. The molecule has 0 spiro atoms. The molecular formula is C39H37N3O3. The summed E-state index contributed by atoms with van der Waals surface area (Å²) < 4.78 is 2.21. The molecule has 6 nitrogen and oxygen atoms in total. The highest BCUT2D eigenvalue weighted by Crippen LogP contribution is 2.41. The Morgan fingerprint density at radius 2 is 1.36 bits per heavy atom. The van der Waals surface area contributed by atoms with Crippen LogP contribution in [0.1, 0.15) is 83.0 Å². The first-order valence-corrected chi connectivity index (χ1v) is 15.5. The lowest BCUT2D eigenvalue weighted by Crippen LogP contribution is -2.08. The monoisotopic (exact) mass is 595 g/mol. The lowest BCUT2D eigenvalue weighted by Gasteiger charge is -2.15. The summed E-state index contributed by atoms with van der Waals surface area (Å²) >= 11 is 0. The third kappa shape index (κ3) is 5.24.